The minimum absolute atomic E-state index is 0.225. The average Bonchev–Trinajstić information content (AvgIpc) is 2.92. The summed E-state index contributed by atoms with van der Waals surface area (Å²) in [5.74, 6) is 0.875. The summed E-state index contributed by atoms with van der Waals surface area (Å²) in [6.45, 7) is 2.73. The van der Waals surface area contributed by atoms with Crippen molar-refractivity contribution in [2.45, 2.75) is 6.92 Å². The van der Waals surface area contributed by atoms with Crippen molar-refractivity contribution in [1.82, 2.24) is 24.7 Å². The lowest BCUT2D eigenvalue weighted by Crippen LogP contribution is -2.06. The summed E-state index contributed by atoms with van der Waals surface area (Å²) in [6.07, 6.45) is 5.29. The number of hydrogen-bond donors (Lipinski definition) is 2. The van der Waals surface area contributed by atoms with E-state index in [1.165, 1.54) is 0 Å². The molecule has 0 saturated heterocycles. The summed E-state index contributed by atoms with van der Waals surface area (Å²) in [5.41, 5.74) is 7.93. The third-order valence-corrected chi connectivity index (χ3v) is 2.65. The first-order valence-corrected chi connectivity index (χ1v) is 5.95. The molecule has 0 aliphatic rings. The first-order chi connectivity index (χ1) is 9.28. The molecule has 0 fully saturated rings. The SMILES string of the molecule is CCNc1nc(N)nc2cc(-n3cccn3)cnc12. The van der Waals surface area contributed by atoms with Gasteiger partial charge in [-0.05, 0) is 19.1 Å². The van der Waals surface area contributed by atoms with Crippen LogP contribution in [0, 0.1) is 0 Å². The normalized spacial score (nSPS) is 10.8. The van der Waals surface area contributed by atoms with Crippen molar-refractivity contribution in [3.05, 3.63) is 30.7 Å². The van der Waals surface area contributed by atoms with Gasteiger partial charge in [-0.15, -0.1) is 0 Å². The van der Waals surface area contributed by atoms with Crippen molar-refractivity contribution >= 4 is 22.8 Å². The zero-order valence-electron chi connectivity index (χ0n) is 10.4. The Bertz CT molecular complexity index is 705. The van der Waals surface area contributed by atoms with Gasteiger partial charge in [-0.2, -0.15) is 10.1 Å². The number of nitrogen functional groups attached to an aromatic ring is 1. The van der Waals surface area contributed by atoms with E-state index in [0.717, 1.165) is 12.2 Å². The molecule has 7 heteroatoms. The van der Waals surface area contributed by atoms with Gasteiger partial charge in [0.1, 0.15) is 5.52 Å². The van der Waals surface area contributed by atoms with E-state index in [2.05, 4.69) is 25.4 Å². The van der Waals surface area contributed by atoms with Crippen LogP contribution in [0.5, 0.6) is 0 Å². The maximum atomic E-state index is 5.71. The van der Waals surface area contributed by atoms with Crippen molar-refractivity contribution in [1.29, 1.82) is 0 Å². The van der Waals surface area contributed by atoms with Gasteiger partial charge in [0.2, 0.25) is 5.95 Å². The fourth-order valence-corrected chi connectivity index (χ4v) is 1.86. The van der Waals surface area contributed by atoms with Gasteiger partial charge in [0.25, 0.3) is 0 Å². The maximum absolute atomic E-state index is 5.71. The van der Waals surface area contributed by atoms with E-state index in [0.29, 0.717) is 16.9 Å². The monoisotopic (exact) mass is 255 g/mol. The minimum Gasteiger partial charge on any atom is -0.368 e. The Morgan fingerprint density at radius 3 is 3.00 bits per heavy atom. The van der Waals surface area contributed by atoms with E-state index >= 15 is 0 Å². The predicted molar refractivity (Wildman–Crippen MR) is 73.0 cm³/mol. The third kappa shape index (κ3) is 2.05. The zero-order valence-corrected chi connectivity index (χ0v) is 10.4. The molecule has 0 saturated carbocycles. The number of hydrogen-bond acceptors (Lipinski definition) is 6. The molecule has 0 aromatic carbocycles. The molecule has 0 aliphatic carbocycles. The van der Waals surface area contributed by atoms with Gasteiger partial charge in [-0.1, -0.05) is 0 Å². The molecule has 3 rings (SSSR count). The van der Waals surface area contributed by atoms with Crippen LogP contribution in [0.2, 0.25) is 0 Å². The molecular weight excluding hydrogens is 242 g/mol. The molecule has 0 amide bonds. The zero-order chi connectivity index (χ0) is 13.2. The number of pyridine rings is 1. The van der Waals surface area contributed by atoms with E-state index in [4.69, 9.17) is 5.73 Å². The molecule has 0 aliphatic heterocycles. The van der Waals surface area contributed by atoms with Crippen molar-refractivity contribution < 1.29 is 0 Å². The lowest BCUT2D eigenvalue weighted by atomic mass is 10.3. The number of anilines is 2. The molecule has 7 nitrogen and oxygen atoms in total. The van der Waals surface area contributed by atoms with Crippen LogP contribution >= 0.6 is 0 Å². The highest BCUT2D eigenvalue weighted by Gasteiger charge is 2.08. The van der Waals surface area contributed by atoms with Gasteiger partial charge in [0, 0.05) is 18.9 Å². The van der Waals surface area contributed by atoms with E-state index in [-0.39, 0.29) is 5.95 Å². The first kappa shape index (κ1) is 11.4. The summed E-state index contributed by atoms with van der Waals surface area (Å²) in [6, 6.07) is 3.73. The summed E-state index contributed by atoms with van der Waals surface area (Å²) < 4.78 is 1.72. The first-order valence-electron chi connectivity index (χ1n) is 5.95. The van der Waals surface area contributed by atoms with Crippen molar-refractivity contribution in [2.75, 3.05) is 17.6 Å². The Morgan fingerprint density at radius 2 is 2.26 bits per heavy atom. The topological polar surface area (TPSA) is 94.5 Å². The molecule has 96 valence electrons. The van der Waals surface area contributed by atoms with Crippen LogP contribution in [-0.4, -0.2) is 31.3 Å². The van der Waals surface area contributed by atoms with Crippen molar-refractivity contribution in [2.24, 2.45) is 0 Å². The lowest BCUT2D eigenvalue weighted by Gasteiger charge is -2.08. The van der Waals surface area contributed by atoms with Crippen LogP contribution < -0.4 is 11.1 Å². The number of nitrogens with two attached hydrogens (primary N) is 1. The van der Waals surface area contributed by atoms with Gasteiger partial charge in [-0.3, -0.25) is 0 Å². The van der Waals surface area contributed by atoms with Crippen molar-refractivity contribution in [3.8, 4) is 5.69 Å². The lowest BCUT2D eigenvalue weighted by molar-refractivity contribution is 0.876. The van der Waals surface area contributed by atoms with Crippen LogP contribution in [0.25, 0.3) is 16.7 Å². The van der Waals surface area contributed by atoms with Crippen molar-refractivity contribution in [3.63, 3.8) is 0 Å². The molecule has 3 N–H and O–H groups in total. The van der Waals surface area contributed by atoms with Gasteiger partial charge < -0.3 is 11.1 Å². The number of aromatic nitrogens is 5. The van der Waals surface area contributed by atoms with E-state index in [9.17, 15) is 0 Å². The maximum Gasteiger partial charge on any atom is 0.222 e. The van der Waals surface area contributed by atoms with Crippen LogP contribution in [0.1, 0.15) is 6.92 Å². The largest absolute Gasteiger partial charge is 0.368 e. The molecular formula is C12H13N7. The predicted octanol–water partition coefficient (Wildman–Crippen LogP) is 1.22. The molecule has 19 heavy (non-hydrogen) atoms. The Morgan fingerprint density at radius 1 is 1.37 bits per heavy atom. The van der Waals surface area contributed by atoms with Crippen LogP contribution in [0.4, 0.5) is 11.8 Å². The van der Waals surface area contributed by atoms with Crippen LogP contribution in [0.15, 0.2) is 30.7 Å². The molecule has 3 aromatic rings. The Labute approximate surface area is 109 Å². The highest BCUT2D eigenvalue weighted by atomic mass is 15.3. The highest BCUT2D eigenvalue weighted by Crippen LogP contribution is 2.20. The standard InChI is InChI=1S/C12H13N7/c1-2-14-11-10-9(17-12(13)18-11)6-8(7-15-10)19-5-3-4-16-19/h3-7H,2H2,1H3,(H3,13,14,17,18). The number of nitrogens with zero attached hydrogens (tertiary/aromatic N) is 5. The van der Waals surface area contributed by atoms with E-state index in [1.54, 1.807) is 17.1 Å². The molecule has 3 heterocycles. The van der Waals surface area contributed by atoms with Gasteiger partial charge in [-0.25, -0.2) is 14.6 Å². The number of nitrogens with one attached hydrogen (secondary N) is 1. The second-order valence-electron chi connectivity index (χ2n) is 3.97. The van der Waals surface area contributed by atoms with Gasteiger partial charge in [0.15, 0.2) is 5.82 Å². The summed E-state index contributed by atoms with van der Waals surface area (Å²) >= 11 is 0. The van der Waals surface area contributed by atoms with E-state index in [1.807, 2.05) is 25.3 Å². The molecule has 0 bridgehead atoms. The Hall–Kier alpha value is -2.70. The van der Waals surface area contributed by atoms with Gasteiger partial charge in [0.05, 0.1) is 17.4 Å². The van der Waals surface area contributed by atoms with E-state index < -0.39 is 0 Å². The summed E-state index contributed by atoms with van der Waals surface area (Å²) in [4.78, 5) is 12.8. The molecule has 0 spiro atoms. The second-order valence-corrected chi connectivity index (χ2v) is 3.97. The third-order valence-electron chi connectivity index (χ3n) is 2.65. The van der Waals surface area contributed by atoms with Crippen LogP contribution in [0.3, 0.4) is 0 Å². The smallest absolute Gasteiger partial charge is 0.222 e. The summed E-state index contributed by atoms with van der Waals surface area (Å²) in [5, 5.41) is 7.29. The fourth-order valence-electron chi connectivity index (χ4n) is 1.86. The van der Waals surface area contributed by atoms with Gasteiger partial charge >= 0.3 is 0 Å². The molecule has 0 unspecified atom stereocenters. The minimum atomic E-state index is 0.225. The Balaban J connectivity index is 2.18. The molecule has 3 aromatic heterocycles. The molecule has 0 atom stereocenters. The second kappa shape index (κ2) is 4.52. The number of fused-ring (bicyclic) bond motifs is 1. The average molecular weight is 255 g/mol. The highest BCUT2D eigenvalue weighted by molar-refractivity contribution is 5.87. The Kier molecular flexibility index (Phi) is 2.71. The molecule has 0 radical (unpaired) electrons. The number of rotatable bonds is 3. The quantitative estimate of drug-likeness (QED) is 0.730. The van der Waals surface area contributed by atoms with Crippen LogP contribution in [-0.2, 0) is 0 Å². The fraction of sp³-hybridized carbons (Fsp3) is 0.167. The summed E-state index contributed by atoms with van der Waals surface area (Å²) in [7, 11) is 0.